The minimum absolute atomic E-state index is 0.252. The van der Waals surface area contributed by atoms with E-state index in [0.29, 0.717) is 33.4 Å². The topological polar surface area (TPSA) is 71.1 Å². The van der Waals surface area contributed by atoms with Gasteiger partial charge in [-0.25, -0.2) is 9.37 Å². The summed E-state index contributed by atoms with van der Waals surface area (Å²) in [6, 6.07) is 12.3. The number of halogens is 1. The van der Waals surface area contributed by atoms with Crippen LogP contribution in [0.15, 0.2) is 48.5 Å². The van der Waals surface area contributed by atoms with Crippen molar-refractivity contribution in [2.45, 2.75) is 27.2 Å². The average molecular weight is 412 g/mol. The molecule has 0 radical (unpaired) electrons. The van der Waals surface area contributed by atoms with E-state index < -0.39 is 5.82 Å². The summed E-state index contributed by atoms with van der Waals surface area (Å²) < 4.78 is 13.3. The average Bonchev–Trinajstić information content (AvgIpc) is 3.01. The maximum atomic E-state index is 13.3. The second-order valence-electron chi connectivity index (χ2n) is 7.12. The number of hydrogen-bond acceptors (Lipinski definition) is 4. The van der Waals surface area contributed by atoms with Crippen LogP contribution in [0.2, 0.25) is 0 Å². The van der Waals surface area contributed by atoms with E-state index in [4.69, 9.17) is 0 Å². The van der Waals surface area contributed by atoms with Gasteiger partial charge in [-0.3, -0.25) is 9.59 Å². The lowest BCUT2D eigenvalue weighted by Crippen LogP contribution is -2.14. The number of hydrogen-bond donors (Lipinski definition) is 2. The summed E-state index contributed by atoms with van der Waals surface area (Å²) in [5.41, 5.74) is 1.92. The van der Waals surface area contributed by atoms with Crippen LogP contribution in [0.3, 0.4) is 0 Å². The minimum atomic E-state index is -0.430. The molecule has 150 valence electrons. The van der Waals surface area contributed by atoms with E-state index >= 15 is 0 Å². The van der Waals surface area contributed by atoms with Gasteiger partial charge in [0.1, 0.15) is 10.7 Å². The number of nitrogens with zero attached hydrogens (tertiary/aromatic N) is 1. The Balaban J connectivity index is 1.72. The van der Waals surface area contributed by atoms with Gasteiger partial charge < -0.3 is 10.6 Å². The van der Waals surface area contributed by atoms with Crippen molar-refractivity contribution in [1.29, 1.82) is 0 Å². The summed E-state index contributed by atoms with van der Waals surface area (Å²) in [4.78, 5) is 30.1. The van der Waals surface area contributed by atoms with Gasteiger partial charge in [-0.15, -0.1) is 11.3 Å². The van der Waals surface area contributed by atoms with Crippen molar-refractivity contribution in [3.63, 3.8) is 0 Å². The molecule has 0 saturated carbocycles. The summed E-state index contributed by atoms with van der Waals surface area (Å²) in [5.74, 6) is -0.608. The molecule has 0 atom stereocenters. The fourth-order valence-electron chi connectivity index (χ4n) is 2.80. The van der Waals surface area contributed by atoms with Crippen molar-refractivity contribution >= 4 is 34.5 Å². The van der Waals surface area contributed by atoms with E-state index in [1.54, 1.807) is 30.3 Å². The quantitative estimate of drug-likeness (QED) is 0.579. The van der Waals surface area contributed by atoms with E-state index in [2.05, 4.69) is 29.5 Å². The first-order valence-electron chi connectivity index (χ1n) is 9.26. The number of nitrogens with one attached hydrogen (secondary N) is 2. The Morgan fingerprint density at radius 1 is 1.03 bits per heavy atom. The van der Waals surface area contributed by atoms with Crippen LogP contribution in [0.25, 0.3) is 0 Å². The number of carbonyl (C=O) groups is 2. The van der Waals surface area contributed by atoms with Gasteiger partial charge in [0.2, 0.25) is 0 Å². The van der Waals surface area contributed by atoms with E-state index in [1.807, 2.05) is 6.92 Å². The van der Waals surface area contributed by atoms with Crippen molar-refractivity contribution in [3.8, 4) is 0 Å². The molecule has 7 heteroatoms. The lowest BCUT2D eigenvalue weighted by Gasteiger charge is -2.08. The van der Waals surface area contributed by atoms with Crippen LogP contribution in [0.4, 0.5) is 15.8 Å². The van der Waals surface area contributed by atoms with Crippen LogP contribution < -0.4 is 10.6 Å². The monoisotopic (exact) mass is 411 g/mol. The van der Waals surface area contributed by atoms with Gasteiger partial charge >= 0.3 is 0 Å². The van der Waals surface area contributed by atoms with Crippen LogP contribution in [-0.4, -0.2) is 16.8 Å². The molecule has 2 aromatic carbocycles. The highest BCUT2D eigenvalue weighted by Crippen LogP contribution is 2.22. The molecule has 0 spiro atoms. The lowest BCUT2D eigenvalue weighted by molar-refractivity contribution is 0.101. The SMILES string of the molecule is Cc1nc(CC(C)C)sc1C(=O)Nc1cccc(C(=O)Nc2cccc(F)c2)c1. The molecule has 1 aromatic heterocycles. The molecule has 3 rings (SSSR count). The second kappa shape index (κ2) is 8.96. The van der Waals surface area contributed by atoms with Gasteiger partial charge in [0.05, 0.1) is 10.7 Å². The first-order chi connectivity index (χ1) is 13.8. The molecule has 0 bridgehead atoms. The van der Waals surface area contributed by atoms with E-state index in [-0.39, 0.29) is 11.8 Å². The highest BCUT2D eigenvalue weighted by atomic mass is 32.1. The normalized spacial score (nSPS) is 10.8. The highest BCUT2D eigenvalue weighted by Gasteiger charge is 2.17. The first kappa shape index (κ1) is 20.7. The molecule has 0 fully saturated rings. The molecule has 0 aliphatic heterocycles. The summed E-state index contributed by atoms with van der Waals surface area (Å²) in [7, 11) is 0. The first-order valence-corrected chi connectivity index (χ1v) is 10.1. The molecule has 3 aromatic rings. The Hall–Kier alpha value is -3.06. The van der Waals surface area contributed by atoms with Crippen LogP contribution in [0.1, 0.15) is 44.6 Å². The minimum Gasteiger partial charge on any atom is -0.322 e. The summed E-state index contributed by atoms with van der Waals surface area (Å²) >= 11 is 1.39. The van der Waals surface area contributed by atoms with Gasteiger partial charge in [0, 0.05) is 23.4 Å². The molecule has 1 heterocycles. The molecule has 0 aliphatic rings. The fraction of sp³-hybridized carbons (Fsp3) is 0.227. The van der Waals surface area contributed by atoms with Gasteiger partial charge in [0.15, 0.2) is 0 Å². The smallest absolute Gasteiger partial charge is 0.267 e. The Morgan fingerprint density at radius 3 is 2.38 bits per heavy atom. The maximum absolute atomic E-state index is 13.3. The summed E-state index contributed by atoms with van der Waals surface area (Å²) in [6.45, 7) is 6.03. The third-order valence-corrected chi connectivity index (χ3v) is 5.27. The van der Waals surface area contributed by atoms with Crippen molar-refractivity contribution in [2.75, 3.05) is 10.6 Å². The Labute approximate surface area is 173 Å². The Bertz CT molecular complexity index is 1050. The zero-order chi connectivity index (χ0) is 21.0. The number of benzene rings is 2. The Kier molecular flexibility index (Phi) is 6.39. The fourth-order valence-corrected chi connectivity index (χ4v) is 3.97. The second-order valence-corrected chi connectivity index (χ2v) is 8.20. The maximum Gasteiger partial charge on any atom is 0.267 e. The number of carbonyl (C=O) groups excluding carboxylic acids is 2. The van der Waals surface area contributed by atoms with Crippen molar-refractivity contribution in [3.05, 3.63) is 75.5 Å². The number of aryl methyl sites for hydroxylation is 1. The predicted octanol–water partition coefficient (Wildman–Crippen LogP) is 5.29. The lowest BCUT2D eigenvalue weighted by atomic mass is 10.1. The van der Waals surface area contributed by atoms with Crippen molar-refractivity contribution < 1.29 is 14.0 Å². The Morgan fingerprint density at radius 2 is 1.69 bits per heavy atom. The third-order valence-electron chi connectivity index (χ3n) is 4.10. The van der Waals surface area contributed by atoms with Crippen molar-refractivity contribution in [1.82, 2.24) is 4.98 Å². The molecule has 0 aliphatic carbocycles. The zero-order valence-corrected chi connectivity index (χ0v) is 17.3. The van der Waals surface area contributed by atoms with Crippen molar-refractivity contribution in [2.24, 2.45) is 5.92 Å². The molecule has 5 nitrogen and oxygen atoms in total. The zero-order valence-electron chi connectivity index (χ0n) is 16.5. The van der Waals surface area contributed by atoms with E-state index in [0.717, 1.165) is 11.4 Å². The van der Waals surface area contributed by atoms with Crippen LogP contribution >= 0.6 is 11.3 Å². The van der Waals surface area contributed by atoms with Gasteiger partial charge in [-0.2, -0.15) is 0 Å². The number of amides is 2. The van der Waals surface area contributed by atoms with Crippen LogP contribution in [0, 0.1) is 18.7 Å². The predicted molar refractivity (Wildman–Crippen MR) is 114 cm³/mol. The number of anilines is 2. The number of aromatic nitrogens is 1. The van der Waals surface area contributed by atoms with Gasteiger partial charge in [0.25, 0.3) is 11.8 Å². The van der Waals surface area contributed by atoms with E-state index in [9.17, 15) is 14.0 Å². The molecule has 29 heavy (non-hydrogen) atoms. The summed E-state index contributed by atoms with van der Waals surface area (Å²) in [5, 5.41) is 6.40. The third kappa shape index (κ3) is 5.48. The molecule has 0 saturated heterocycles. The largest absolute Gasteiger partial charge is 0.322 e. The molecule has 2 amide bonds. The van der Waals surface area contributed by atoms with E-state index in [1.165, 1.54) is 29.5 Å². The summed E-state index contributed by atoms with van der Waals surface area (Å²) in [6.07, 6.45) is 0.828. The standard InChI is InChI=1S/C22H22FN3O2S/c1-13(2)10-19-24-14(3)20(29-19)22(28)26-17-8-4-6-15(11-17)21(27)25-18-9-5-7-16(23)12-18/h4-9,11-13H,10H2,1-3H3,(H,25,27)(H,26,28). The number of thiazole rings is 1. The molecular formula is C22H22FN3O2S. The van der Waals surface area contributed by atoms with Gasteiger partial charge in [-0.05, 0) is 49.2 Å². The molecule has 0 unspecified atom stereocenters. The number of rotatable bonds is 6. The van der Waals surface area contributed by atoms with Gasteiger partial charge in [-0.1, -0.05) is 26.0 Å². The highest BCUT2D eigenvalue weighted by molar-refractivity contribution is 7.13. The molecule has 2 N–H and O–H groups in total. The van der Waals surface area contributed by atoms with Crippen LogP contribution in [0.5, 0.6) is 0 Å². The molecular weight excluding hydrogens is 389 g/mol. The van der Waals surface area contributed by atoms with Crippen LogP contribution in [-0.2, 0) is 6.42 Å².